The van der Waals surface area contributed by atoms with Crippen LogP contribution in [0.1, 0.15) is 72.5 Å². The van der Waals surface area contributed by atoms with Gasteiger partial charge < -0.3 is 16.0 Å². The van der Waals surface area contributed by atoms with Crippen LogP contribution >= 0.6 is 0 Å². The number of primary amides is 1. The summed E-state index contributed by atoms with van der Waals surface area (Å²) in [5.74, 6) is -0.0336. The van der Waals surface area contributed by atoms with Gasteiger partial charge in [-0.05, 0) is 49.8 Å². The second-order valence-electron chi connectivity index (χ2n) is 8.91. The molecule has 2 heterocycles. The molecule has 1 aromatic carbocycles. The van der Waals surface area contributed by atoms with Crippen molar-refractivity contribution >= 4 is 23.4 Å². The lowest BCUT2D eigenvalue weighted by Crippen LogP contribution is -2.39. The van der Waals surface area contributed by atoms with Gasteiger partial charge in [0.25, 0.3) is 0 Å². The minimum atomic E-state index is -0.454. The Hall–Kier alpha value is -3.16. The third kappa shape index (κ3) is 5.18. The van der Waals surface area contributed by atoms with Gasteiger partial charge in [0.1, 0.15) is 0 Å². The predicted molar refractivity (Wildman–Crippen MR) is 121 cm³/mol. The van der Waals surface area contributed by atoms with E-state index in [4.69, 9.17) is 5.73 Å². The lowest BCUT2D eigenvalue weighted by Gasteiger charge is -2.33. The quantitative estimate of drug-likeness (QED) is 0.616. The van der Waals surface area contributed by atoms with E-state index in [1.165, 1.54) is 0 Å². The number of aromatic amines is 1. The predicted octanol–water partition coefficient (Wildman–Crippen LogP) is 2.98. The minimum absolute atomic E-state index is 0.0799. The second kappa shape index (κ2) is 9.97. The summed E-state index contributed by atoms with van der Waals surface area (Å²) in [6.45, 7) is 1.36. The van der Waals surface area contributed by atoms with Gasteiger partial charge in [-0.1, -0.05) is 25.0 Å². The maximum absolute atomic E-state index is 12.9. The Bertz CT molecular complexity index is 962. The summed E-state index contributed by atoms with van der Waals surface area (Å²) in [5, 5.41) is 10.3. The Kier molecular flexibility index (Phi) is 6.87. The average Bonchev–Trinajstić information content (AvgIpc) is 3.50. The molecule has 3 amide bonds. The van der Waals surface area contributed by atoms with E-state index < -0.39 is 5.91 Å². The number of H-pyrrole nitrogens is 1. The topological polar surface area (TPSA) is 121 Å². The second-order valence-corrected chi connectivity index (χ2v) is 8.91. The van der Waals surface area contributed by atoms with Crippen molar-refractivity contribution in [1.29, 1.82) is 0 Å². The van der Waals surface area contributed by atoms with Gasteiger partial charge in [0, 0.05) is 36.9 Å². The highest BCUT2D eigenvalue weighted by atomic mass is 16.2. The summed E-state index contributed by atoms with van der Waals surface area (Å²) >= 11 is 0. The molecule has 1 unspecified atom stereocenters. The van der Waals surface area contributed by atoms with E-state index in [1.54, 1.807) is 18.3 Å². The van der Waals surface area contributed by atoms with Crippen molar-refractivity contribution in [2.45, 2.75) is 57.3 Å². The molecular formula is C24H31N5O3. The van der Waals surface area contributed by atoms with E-state index in [1.807, 2.05) is 17.0 Å². The van der Waals surface area contributed by atoms with Crippen LogP contribution in [-0.2, 0) is 16.0 Å². The molecule has 0 radical (unpaired) electrons. The molecule has 2 fully saturated rings. The SMILES string of the molecule is NC(=O)c1ccc(CCC(=O)N2CCCC(c3[nH]ncc3NC(=O)C3CCCC3)C2)cc1. The molecular weight excluding hydrogens is 406 g/mol. The van der Waals surface area contributed by atoms with Crippen LogP contribution in [0, 0.1) is 5.92 Å². The fourth-order valence-corrected chi connectivity index (χ4v) is 4.81. The zero-order valence-corrected chi connectivity index (χ0v) is 18.3. The number of amides is 3. The van der Waals surface area contributed by atoms with Gasteiger partial charge in [-0.2, -0.15) is 5.10 Å². The Morgan fingerprint density at radius 3 is 2.56 bits per heavy atom. The zero-order valence-electron chi connectivity index (χ0n) is 18.3. The van der Waals surface area contributed by atoms with Crippen LogP contribution < -0.4 is 11.1 Å². The molecule has 2 aromatic rings. The summed E-state index contributed by atoms with van der Waals surface area (Å²) in [7, 11) is 0. The van der Waals surface area contributed by atoms with Crippen molar-refractivity contribution in [3.05, 3.63) is 47.3 Å². The van der Waals surface area contributed by atoms with Crippen LogP contribution in [0.2, 0.25) is 0 Å². The highest BCUT2D eigenvalue weighted by molar-refractivity contribution is 5.93. The first-order valence-electron chi connectivity index (χ1n) is 11.5. The van der Waals surface area contributed by atoms with Gasteiger partial charge in [0.05, 0.1) is 17.6 Å². The maximum atomic E-state index is 12.9. The van der Waals surface area contributed by atoms with Crippen molar-refractivity contribution in [3.63, 3.8) is 0 Å². The van der Waals surface area contributed by atoms with Gasteiger partial charge >= 0.3 is 0 Å². The van der Waals surface area contributed by atoms with E-state index in [0.29, 0.717) is 24.9 Å². The molecule has 2 aliphatic rings. The number of piperidine rings is 1. The van der Waals surface area contributed by atoms with Crippen molar-refractivity contribution < 1.29 is 14.4 Å². The number of hydrogen-bond donors (Lipinski definition) is 3. The first kappa shape index (κ1) is 22.0. The van der Waals surface area contributed by atoms with Crippen LogP contribution in [0.3, 0.4) is 0 Å². The highest BCUT2D eigenvalue weighted by Gasteiger charge is 2.29. The summed E-state index contributed by atoms with van der Waals surface area (Å²) in [5.41, 5.74) is 8.40. The molecule has 1 aliphatic carbocycles. The molecule has 1 atom stereocenters. The fourth-order valence-electron chi connectivity index (χ4n) is 4.81. The molecule has 1 aromatic heterocycles. The fraction of sp³-hybridized carbons (Fsp3) is 0.500. The molecule has 4 rings (SSSR count). The molecule has 32 heavy (non-hydrogen) atoms. The number of rotatable bonds is 7. The van der Waals surface area contributed by atoms with Crippen LogP contribution in [-0.4, -0.2) is 45.9 Å². The standard InChI is InChI=1S/C24H31N5O3/c25-23(31)17-10-7-16(8-11-17)9-12-21(30)29-13-3-6-19(15-29)22-20(14-26-28-22)27-24(32)18-4-1-2-5-18/h7-8,10-11,14,18-19H,1-6,9,12-13,15H2,(H2,25,31)(H,26,28)(H,27,32). The summed E-state index contributed by atoms with van der Waals surface area (Å²) in [4.78, 5) is 38.5. The number of nitrogens with zero attached hydrogens (tertiary/aromatic N) is 2. The summed E-state index contributed by atoms with van der Waals surface area (Å²) in [6, 6.07) is 7.07. The molecule has 1 saturated heterocycles. The Balaban J connectivity index is 1.33. The highest BCUT2D eigenvalue weighted by Crippen LogP contribution is 2.32. The lowest BCUT2D eigenvalue weighted by molar-refractivity contribution is -0.132. The molecule has 1 aliphatic heterocycles. The van der Waals surface area contributed by atoms with E-state index in [9.17, 15) is 14.4 Å². The number of carbonyl (C=O) groups is 3. The molecule has 0 bridgehead atoms. The van der Waals surface area contributed by atoms with E-state index in [-0.39, 0.29) is 23.7 Å². The molecule has 8 nitrogen and oxygen atoms in total. The number of nitrogens with one attached hydrogen (secondary N) is 2. The minimum Gasteiger partial charge on any atom is -0.366 e. The lowest BCUT2D eigenvalue weighted by atomic mass is 9.93. The third-order valence-electron chi connectivity index (χ3n) is 6.70. The Labute approximate surface area is 187 Å². The van der Waals surface area contributed by atoms with E-state index in [2.05, 4.69) is 15.5 Å². The van der Waals surface area contributed by atoms with Gasteiger partial charge in [-0.25, -0.2) is 0 Å². The number of benzene rings is 1. The largest absolute Gasteiger partial charge is 0.366 e. The first-order chi connectivity index (χ1) is 15.5. The summed E-state index contributed by atoms with van der Waals surface area (Å²) < 4.78 is 0. The Morgan fingerprint density at radius 2 is 1.84 bits per heavy atom. The number of aromatic nitrogens is 2. The van der Waals surface area contributed by atoms with Gasteiger partial charge in [-0.3, -0.25) is 19.5 Å². The molecule has 170 valence electrons. The van der Waals surface area contributed by atoms with Crippen molar-refractivity contribution in [2.24, 2.45) is 11.7 Å². The van der Waals surface area contributed by atoms with Crippen LogP contribution in [0.15, 0.2) is 30.5 Å². The zero-order chi connectivity index (χ0) is 22.5. The number of aryl methyl sites for hydroxylation is 1. The van der Waals surface area contributed by atoms with Crippen LogP contribution in [0.25, 0.3) is 0 Å². The number of nitrogens with two attached hydrogens (primary N) is 1. The van der Waals surface area contributed by atoms with Gasteiger partial charge in [0.15, 0.2) is 0 Å². The van der Waals surface area contributed by atoms with Crippen LogP contribution in [0.4, 0.5) is 5.69 Å². The third-order valence-corrected chi connectivity index (χ3v) is 6.70. The molecule has 4 N–H and O–H groups in total. The normalized spacial score (nSPS) is 19.1. The Morgan fingerprint density at radius 1 is 1.09 bits per heavy atom. The van der Waals surface area contributed by atoms with E-state index in [0.717, 1.165) is 62.0 Å². The van der Waals surface area contributed by atoms with Crippen LogP contribution in [0.5, 0.6) is 0 Å². The molecule has 1 saturated carbocycles. The monoisotopic (exact) mass is 437 g/mol. The van der Waals surface area contributed by atoms with E-state index >= 15 is 0 Å². The number of hydrogen-bond acceptors (Lipinski definition) is 4. The van der Waals surface area contributed by atoms with Crippen molar-refractivity contribution in [2.75, 3.05) is 18.4 Å². The molecule has 8 heteroatoms. The average molecular weight is 438 g/mol. The van der Waals surface area contributed by atoms with Gasteiger partial charge in [-0.15, -0.1) is 0 Å². The maximum Gasteiger partial charge on any atom is 0.248 e. The van der Waals surface area contributed by atoms with Crippen molar-refractivity contribution in [3.8, 4) is 0 Å². The number of likely N-dealkylation sites (tertiary alicyclic amines) is 1. The molecule has 0 spiro atoms. The smallest absolute Gasteiger partial charge is 0.248 e. The summed E-state index contributed by atoms with van der Waals surface area (Å²) in [6.07, 6.45) is 8.72. The number of anilines is 1. The van der Waals surface area contributed by atoms with Gasteiger partial charge in [0.2, 0.25) is 17.7 Å². The number of carbonyl (C=O) groups excluding carboxylic acids is 3. The van der Waals surface area contributed by atoms with Crippen molar-refractivity contribution in [1.82, 2.24) is 15.1 Å². The first-order valence-corrected chi connectivity index (χ1v) is 11.5.